The standard InChI is InChI=1S/C24H17F3N6O2/c1-11-5-21(35-20-4-2-3-14(25)22(20)27)30-10-19(11)33-24(29)13(9-31-33)23(34)18-7-12-6-16(28)15(26)8-17(12)32-18/h2-10,32H,28-29H2,1H3. The van der Waals surface area contributed by atoms with Gasteiger partial charge in [0.15, 0.2) is 11.6 Å². The van der Waals surface area contributed by atoms with Crippen molar-refractivity contribution in [1.82, 2.24) is 19.7 Å². The van der Waals surface area contributed by atoms with Crippen molar-refractivity contribution in [1.29, 1.82) is 0 Å². The Bertz CT molecular complexity index is 1590. The molecule has 0 atom stereocenters. The number of aromatic nitrogens is 4. The highest BCUT2D eigenvalue weighted by Gasteiger charge is 2.21. The first-order chi connectivity index (χ1) is 16.7. The van der Waals surface area contributed by atoms with Gasteiger partial charge in [0.05, 0.1) is 35.0 Å². The number of ketones is 1. The van der Waals surface area contributed by atoms with Crippen LogP contribution in [0, 0.1) is 24.4 Å². The van der Waals surface area contributed by atoms with Crippen LogP contribution in [0.4, 0.5) is 24.7 Å². The zero-order valence-corrected chi connectivity index (χ0v) is 18.1. The minimum atomic E-state index is -1.13. The van der Waals surface area contributed by atoms with E-state index in [4.69, 9.17) is 16.2 Å². The number of anilines is 2. The third kappa shape index (κ3) is 3.82. The van der Waals surface area contributed by atoms with E-state index in [9.17, 15) is 18.0 Å². The van der Waals surface area contributed by atoms with Crippen LogP contribution in [-0.4, -0.2) is 25.5 Å². The SMILES string of the molecule is Cc1cc(Oc2cccc(F)c2F)ncc1-n1ncc(C(=O)c2cc3cc(N)c(F)cc3[nH]2)c1N. The van der Waals surface area contributed by atoms with E-state index in [1.54, 1.807) is 13.0 Å². The van der Waals surface area contributed by atoms with Crippen molar-refractivity contribution in [2.45, 2.75) is 6.92 Å². The van der Waals surface area contributed by atoms with E-state index in [0.29, 0.717) is 22.2 Å². The van der Waals surface area contributed by atoms with Gasteiger partial charge in [-0.2, -0.15) is 9.49 Å². The minimum absolute atomic E-state index is 0.0293. The van der Waals surface area contributed by atoms with Crippen molar-refractivity contribution < 1.29 is 22.7 Å². The van der Waals surface area contributed by atoms with Crippen molar-refractivity contribution in [3.05, 3.63) is 89.1 Å². The van der Waals surface area contributed by atoms with Crippen molar-refractivity contribution >= 4 is 28.2 Å². The summed E-state index contributed by atoms with van der Waals surface area (Å²) in [5.74, 6) is -3.44. The Morgan fingerprint density at radius 1 is 1.06 bits per heavy atom. The number of nitrogens with zero attached hydrogens (tertiary/aromatic N) is 3. The Morgan fingerprint density at radius 2 is 1.86 bits per heavy atom. The number of hydrogen-bond donors (Lipinski definition) is 3. The summed E-state index contributed by atoms with van der Waals surface area (Å²) in [6.45, 7) is 1.71. The molecular weight excluding hydrogens is 461 g/mol. The Morgan fingerprint density at radius 3 is 2.63 bits per heavy atom. The van der Waals surface area contributed by atoms with E-state index in [2.05, 4.69) is 15.1 Å². The van der Waals surface area contributed by atoms with Crippen LogP contribution in [0.5, 0.6) is 11.6 Å². The van der Waals surface area contributed by atoms with Crippen LogP contribution in [0.25, 0.3) is 16.6 Å². The first kappa shape index (κ1) is 22.0. The van der Waals surface area contributed by atoms with Crippen LogP contribution in [0.1, 0.15) is 21.6 Å². The van der Waals surface area contributed by atoms with Gasteiger partial charge >= 0.3 is 0 Å². The van der Waals surface area contributed by atoms with E-state index in [-0.39, 0.29) is 34.4 Å². The van der Waals surface area contributed by atoms with Crippen LogP contribution in [0.3, 0.4) is 0 Å². The number of pyridine rings is 1. The lowest BCUT2D eigenvalue weighted by Crippen LogP contribution is -2.09. The number of ether oxygens (including phenoxy) is 1. The molecule has 0 radical (unpaired) electrons. The van der Waals surface area contributed by atoms with Crippen LogP contribution in [0.2, 0.25) is 0 Å². The third-order valence-corrected chi connectivity index (χ3v) is 5.45. The van der Waals surface area contributed by atoms with E-state index in [0.717, 1.165) is 6.07 Å². The van der Waals surface area contributed by atoms with Gasteiger partial charge in [-0.3, -0.25) is 4.79 Å². The summed E-state index contributed by atoms with van der Waals surface area (Å²) in [5, 5.41) is 4.77. The fourth-order valence-corrected chi connectivity index (χ4v) is 3.64. The lowest BCUT2D eigenvalue weighted by molar-refractivity contribution is 0.103. The molecular formula is C24H17F3N6O2. The number of aryl methyl sites for hydroxylation is 1. The molecule has 0 amide bonds. The predicted octanol–water partition coefficient (Wildman–Crippen LogP) is 4.66. The molecule has 0 aliphatic heterocycles. The maximum absolute atomic E-state index is 13.9. The molecule has 3 heterocycles. The maximum Gasteiger partial charge on any atom is 0.219 e. The highest BCUT2D eigenvalue weighted by Crippen LogP contribution is 2.29. The van der Waals surface area contributed by atoms with Gasteiger partial charge < -0.3 is 21.2 Å². The number of nitrogen functional groups attached to an aromatic ring is 2. The fraction of sp³-hybridized carbons (Fsp3) is 0.0417. The van der Waals surface area contributed by atoms with Gasteiger partial charge in [-0.05, 0) is 36.8 Å². The summed E-state index contributed by atoms with van der Waals surface area (Å²) < 4.78 is 47.7. The van der Waals surface area contributed by atoms with Crippen molar-refractivity contribution in [2.24, 2.45) is 0 Å². The molecule has 2 aromatic carbocycles. The van der Waals surface area contributed by atoms with Gasteiger partial charge in [0.2, 0.25) is 17.5 Å². The molecule has 0 fully saturated rings. The number of hydrogen-bond acceptors (Lipinski definition) is 6. The Hall–Kier alpha value is -4.80. The third-order valence-electron chi connectivity index (χ3n) is 5.45. The van der Waals surface area contributed by atoms with E-state index in [1.807, 2.05) is 0 Å². The van der Waals surface area contributed by atoms with Gasteiger partial charge in [-0.15, -0.1) is 0 Å². The first-order valence-corrected chi connectivity index (χ1v) is 10.3. The quantitative estimate of drug-likeness (QED) is 0.249. The summed E-state index contributed by atoms with van der Waals surface area (Å²) >= 11 is 0. The molecule has 8 nitrogen and oxygen atoms in total. The fourth-order valence-electron chi connectivity index (χ4n) is 3.64. The maximum atomic E-state index is 13.9. The molecule has 0 saturated heterocycles. The average molecular weight is 478 g/mol. The molecule has 0 aliphatic rings. The number of carbonyl (C=O) groups excluding carboxylic acids is 1. The summed E-state index contributed by atoms with van der Waals surface area (Å²) in [5.41, 5.74) is 13.5. The van der Waals surface area contributed by atoms with Crippen molar-refractivity contribution in [2.75, 3.05) is 11.5 Å². The molecule has 3 aromatic heterocycles. The van der Waals surface area contributed by atoms with Gasteiger partial charge in [0, 0.05) is 23.0 Å². The van der Waals surface area contributed by atoms with Crippen LogP contribution in [-0.2, 0) is 0 Å². The molecule has 0 bridgehead atoms. The Labute approximate surface area is 196 Å². The van der Waals surface area contributed by atoms with Crippen LogP contribution in [0.15, 0.2) is 54.9 Å². The van der Waals surface area contributed by atoms with E-state index in [1.165, 1.54) is 47.4 Å². The minimum Gasteiger partial charge on any atom is -0.436 e. The lowest BCUT2D eigenvalue weighted by Gasteiger charge is -2.11. The first-order valence-electron chi connectivity index (χ1n) is 10.3. The van der Waals surface area contributed by atoms with E-state index < -0.39 is 23.2 Å². The van der Waals surface area contributed by atoms with Gasteiger partial charge in [-0.1, -0.05) is 6.07 Å². The highest BCUT2D eigenvalue weighted by molar-refractivity contribution is 6.12. The Balaban J connectivity index is 1.44. The smallest absolute Gasteiger partial charge is 0.219 e. The molecule has 5 N–H and O–H groups in total. The molecule has 0 spiro atoms. The number of nitrogens with two attached hydrogens (primary N) is 2. The molecule has 0 unspecified atom stereocenters. The number of nitrogens with one attached hydrogen (secondary N) is 1. The van der Waals surface area contributed by atoms with Crippen LogP contribution >= 0.6 is 0 Å². The molecule has 35 heavy (non-hydrogen) atoms. The summed E-state index contributed by atoms with van der Waals surface area (Å²) in [4.78, 5) is 20.0. The largest absolute Gasteiger partial charge is 0.436 e. The number of fused-ring (bicyclic) bond motifs is 1. The topological polar surface area (TPSA) is 125 Å². The van der Waals surface area contributed by atoms with Gasteiger partial charge in [0.1, 0.15) is 11.6 Å². The van der Waals surface area contributed by atoms with Crippen molar-refractivity contribution in [3.8, 4) is 17.3 Å². The second-order valence-corrected chi connectivity index (χ2v) is 7.79. The van der Waals surface area contributed by atoms with Crippen LogP contribution < -0.4 is 16.2 Å². The van der Waals surface area contributed by atoms with Crippen molar-refractivity contribution in [3.63, 3.8) is 0 Å². The second kappa shape index (κ2) is 8.20. The second-order valence-electron chi connectivity index (χ2n) is 7.79. The normalized spacial score (nSPS) is 11.2. The molecule has 176 valence electrons. The number of H-pyrrole nitrogens is 1. The zero-order chi connectivity index (χ0) is 24.9. The van der Waals surface area contributed by atoms with Gasteiger partial charge in [-0.25, -0.2) is 18.4 Å². The molecule has 11 heteroatoms. The number of rotatable bonds is 5. The average Bonchev–Trinajstić information content (AvgIpc) is 3.40. The number of carbonyl (C=O) groups is 1. The summed E-state index contributed by atoms with van der Waals surface area (Å²) in [6, 6.07) is 9.26. The van der Waals surface area contributed by atoms with Gasteiger partial charge in [0.25, 0.3) is 0 Å². The molecule has 0 aliphatic carbocycles. The molecule has 0 saturated carbocycles. The molecule has 5 aromatic rings. The van der Waals surface area contributed by atoms with E-state index >= 15 is 0 Å². The number of halogens is 3. The molecule has 5 rings (SSSR count). The highest BCUT2D eigenvalue weighted by atomic mass is 19.2. The monoisotopic (exact) mass is 478 g/mol. The predicted molar refractivity (Wildman–Crippen MR) is 123 cm³/mol. The zero-order valence-electron chi connectivity index (χ0n) is 18.1. The number of benzene rings is 2. The lowest BCUT2D eigenvalue weighted by atomic mass is 10.1. The Kier molecular flexibility index (Phi) is 5.16. The summed E-state index contributed by atoms with van der Waals surface area (Å²) in [6.07, 6.45) is 2.69. The number of aromatic amines is 1. The summed E-state index contributed by atoms with van der Waals surface area (Å²) in [7, 11) is 0.